The van der Waals surface area contributed by atoms with Gasteiger partial charge in [-0.2, -0.15) is 0 Å². The highest BCUT2D eigenvalue weighted by molar-refractivity contribution is 6.64. The van der Waals surface area contributed by atoms with Gasteiger partial charge in [-0.05, 0) is 53.9 Å². The lowest BCUT2D eigenvalue weighted by Crippen LogP contribution is -2.28. The Morgan fingerprint density at radius 2 is 1.95 bits per heavy atom. The van der Waals surface area contributed by atoms with Crippen molar-refractivity contribution in [2.24, 2.45) is 0 Å². The highest BCUT2D eigenvalue weighted by atomic mass is 28.3. The van der Waals surface area contributed by atoms with Gasteiger partial charge in [-0.15, -0.1) is 5.54 Å². The molecule has 0 saturated heterocycles. The van der Waals surface area contributed by atoms with Gasteiger partial charge in [-0.1, -0.05) is 32.9 Å². The van der Waals surface area contributed by atoms with E-state index in [1.807, 2.05) is 0 Å². The van der Waals surface area contributed by atoms with Crippen LogP contribution in [0.4, 0.5) is 0 Å². The van der Waals surface area contributed by atoms with Crippen LogP contribution in [0.25, 0.3) is 0 Å². The average Bonchev–Trinajstić information content (AvgIpc) is 3.25. The van der Waals surface area contributed by atoms with Crippen LogP contribution in [0.2, 0.25) is 13.1 Å². The van der Waals surface area contributed by atoms with Gasteiger partial charge in [-0.3, -0.25) is 4.79 Å². The fourth-order valence-corrected chi connectivity index (χ4v) is 3.58. The number of hydrogen-bond donors (Lipinski definition) is 0. The number of Topliss-reactive ketones (excluding diaryl/α,β-unsaturated/α-hetero) is 1. The topological polar surface area (TPSA) is 17.1 Å². The van der Waals surface area contributed by atoms with Crippen molar-refractivity contribution in [2.75, 3.05) is 0 Å². The first-order valence-corrected chi connectivity index (χ1v) is 10.4. The summed E-state index contributed by atoms with van der Waals surface area (Å²) in [6, 6.07) is 4.39. The van der Waals surface area contributed by atoms with Crippen molar-refractivity contribution in [2.45, 2.75) is 64.0 Å². The number of ketones is 1. The van der Waals surface area contributed by atoms with E-state index >= 15 is 0 Å². The van der Waals surface area contributed by atoms with Crippen LogP contribution in [0.15, 0.2) is 12.1 Å². The van der Waals surface area contributed by atoms with Crippen molar-refractivity contribution in [1.29, 1.82) is 0 Å². The van der Waals surface area contributed by atoms with E-state index in [4.69, 9.17) is 0 Å². The normalized spacial score (nSPS) is 20.0. The molecule has 3 rings (SSSR count). The summed E-state index contributed by atoms with van der Waals surface area (Å²) in [7, 11) is -0.537. The lowest BCUT2D eigenvalue weighted by molar-refractivity contribution is 0.0955. The first-order valence-electron chi connectivity index (χ1n) is 7.92. The van der Waals surface area contributed by atoms with E-state index < -0.39 is 8.80 Å². The number of hydrogen-bond acceptors (Lipinski definition) is 1. The third kappa shape index (κ3) is 2.85. The van der Waals surface area contributed by atoms with Gasteiger partial charge in [0.25, 0.3) is 0 Å². The maximum atomic E-state index is 12.5. The van der Waals surface area contributed by atoms with E-state index in [0.717, 1.165) is 17.5 Å². The van der Waals surface area contributed by atoms with Gasteiger partial charge in [0.1, 0.15) is 8.80 Å². The van der Waals surface area contributed by atoms with Gasteiger partial charge < -0.3 is 0 Å². The third-order valence-corrected chi connectivity index (χ3v) is 5.25. The molecule has 0 bridgehead atoms. The third-order valence-electron chi connectivity index (χ3n) is 4.63. The molecule has 2 aliphatic carbocycles. The number of carbonyl (C=O) groups is 1. The summed E-state index contributed by atoms with van der Waals surface area (Å²) < 4.78 is 0. The molecule has 1 fully saturated rings. The zero-order chi connectivity index (χ0) is 15.2. The number of fused-ring (bicyclic) bond motifs is 1. The summed E-state index contributed by atoms with van der Waals surface area (Å²) >= 11 is 0. The van der Waals surface area contributed by atoms with E-state index in [9.17, 15) is 4.79 Å². The van der Waals surface area contributed by atoms with E-state index in [2.05, 4.69) is 50.5 Å². The molecule has 0 heterocycles. The summed E-state index contributed by atoms with van der Waals surface area (Å²) in [5.74, 6) is 4.31. The van der Waals surface area contributed by atoms with Crippen molar-refractivity contribution in [3.05, 3.63) is 34.4 Å². The van der Waals surface area contributed by atoms with Gasteiger partial charge in [0, 0.05) is 17.5 Å². The Hall–Kier alpha value is -1.33. The molecule has 0 spiro atoms. The molecule has 1 nitrogen and oxygen atoms in total. The molecule has 2 heteroatoms. The summed E-state index contributed by atoms with van der Waals surface area (Å²) in [6.07, 6.45) is 4.11. The number of rotatable bonds is 1. The van der Waals surface area contributed by atoms with Crippen LogP contribution in [0.1, 0.15) is 72.5 Å². The van der Waals surface area contributed by atoms with Crippen LogP contribution in [-0.4, -0.2) is 14.6 Å². The minimum atomic E-state index is -0.537. The molecule has 1 aromatic carbocycles. The number of carbonyl (C=O) groups excluding carboxylic acids is 1. The molecule has 0 aromatic heterocycles. The highest BCUT2D eigenvalue weighted by Crippen LogP contribution is 2.47. The lowest BCUT2D eigenvalue weighted by Gasteiger charge is -2.33. The highest BCUT2D eigenvalue weighted by Gasteiger charge is 2.37. The molecule has 0 aliphatic heterocycles. The monoisotopic (exact) mass is 295 g/mol. The molecule has 109 valence electrons. The van der Waals surface area contributed by atoms with Crippen LogP contribution in [0.3, 0.4) is 0 Å². The average molecular weight is 295 g/mol. The summed E-state index contributed by atoms with van der Waals surface area (Å²) in [4.78, 5) is 12.5. The number of benzene rings is 1. The van der Waals surface area contributed by atoms with Crippen LogP contribution >= 0.6 is 0 Å². The zero-order valence-corrected chi connectivity index (χ0v) is 14.5. The molecular formula is C19H23OSi. The van der Waals surface area contributed by atoms with Crippen molar-refractivity contribution in [1.82, 2.24) is 0 Å². The van der Waals surface area contributed by atoms with Gasteiger partial charge in [0.15, 0.2) is 5.78 Å². The molecule has 21 heavy (non-hydrogen) atoms. The van der Waals surface area contributed by atoms with Gasteiger partial charge in [0.05, 0.1) is 0 Å². The van der Waals surface area contributed by atoms with Crippen LogP contribution in [-0.2, 0) is 5.41 Å². The first kappa shape index (κ1) is 14.6. The Morgan fingerprint density at radius 1 is 1.24 bits per heavy atom. The lowest BCUT2D eigenvalue weighted by atomic mass is 9.70. The van der Waals surface area contributed by atoms with Crippen LogP contribution < -0.4 is 0 Å². The van der Waals surface area contributed by atoms with Crippen molar-refractivity contribution < 1.29 is 4.79 Å². The van der Waals surface area contributed by atoms with Gasteiger partial charge in [-0.25, -0.2) is 0 Å². The Kier molecular flexibility index (Phi) is 3.57. The van der Waals surface area contributed by atoms with Crippen molar-refractivity contribution >= 4 is 14.6 Å². The summed E-state index contributed by atoms with van der Waals surface area (Å²) in [6.45, 7) is 8.96. The van der Waals surface area contributed by atoms with Crippen molar-refractivity contribution in [3.8, 4) is 11.5 Å². The molecule has 1 aromatic rings. The maximum absolute atomic E-state index is 12.5. The van der Waals surface area contributed by atoms with Gasteiger partial charge in [0.2, 0.25) is 0 Å². The van der Waals surface area contributed by atoms with Crippen LogP contribution in [0.5, 0.6) is 0 Å². The van der Waals surface area contributed by atoms with Crippen LogP contribution in [0, 0.1) is 11.5 Å². The fraction of sp³-hybridized carbons (Fsp3) is 0.526. The zero-order valence-electron chi connectivity index (χ0n) is 13.5. The second-order valence-corrected chi connectivity index (χ2v) is 9.57. The first-order chi connectivity index (χ1) is 9.88. The van der Waals surface area contributed by atoms with E-state index in [1.165, 1.54) is 24.0 Å². The smallest absolute Gasteiger partial charge is 0.163 e. The molecule has 0 atom stereocenters. The fourth-order valence-electron chi connectivity index (χ4n) is 3.18. The van der Waals surface area contributed by atoms with E-state index in [0.29, 0.717) is 18.1 Å². The predicted molar refractivity (Wildman–Crippen MR) is 89.4 cm³/mol. The molecule has 0 unspecified atom stereocenters. The Balaban J connectivity index is 2.18. The standard InChI is InChI=1S/C19H23OSi/c1-19(2)9-7-17(20)18-15(14-5-6-14)11-13(12-16(18)19)8-10-21(3)4/h11-12,14H,5-7,9H2,1-4H3. The SMILES string of the molecule is C[Si](C)C#Cc1cc(C2CC2)c2c(c1)C(C)(C)CCC2=O. The molecule has 0 N–H and O–H groups in total. The minimum Gasteiger partial charge on any atom is -0.294 e. The summed E-state index contributed by atoms with van der Waals surface area (Å²) in [5, 5.41) is 0. The van der Waals surface area contributed by atoms with Crippen molar-refractivity contribution in [3.63, 3.8) is 0 Å². The Bertz CT molecular complexity index is 654. The molecule has 1 radical (unpaired) electrons. The second kappa shape index (κ2) is 5.14. The largest absolute Gasteiger partial charge is 0.294 e. The Labute approximate surface area is 129 Å². The molecule has 0 amide bonds. The van der Waals surface area contributed by atoms with E-state index in [1.54, 1.807) is 0 Å². The minimum absolute atomic E-state index is 0.0940. The molecule has 2 aliphatic rings. The van der Waals surface area contributed by atoms with E-state index in [-0.39, 0.29) is 5.41 Å². The molecular weight excluding hydrogens is 272 g/mol. The van der Waals surface area contributed by atoms with Gasteiger partial charge >= 0.3 is 0 Å². The molecule has 1 saturated carbocycles. The quantitative estimate of drug-likeness (QED) is 0.552. The Morgan fingerprint density at radius 3 is 2.57 bits per heavy atom. The predicted octanol–water partition coefficient (Wildman–Crippen LogP) is 4.46. The second-order valence-electron chi connectivity index (χ2n) is 7.32. The summed E-state index contributed by atoms with van der Waals surface area (Å²) in [5.41, 5.74) is 8.14. The maximum Gasteiger partial charge on any atom is 0.163 e.